The molecule has 2 amide bonds. The molecule has 7 heteroatoms. The van der Waals surface area contributed by atoms with Gasteiger partial charge >= 0.3 is 0 Å². The zero-order valence-electron chi connectivity index (χ0n) is 20.0. The number of hydrogen-bond acceptors (Lipinski definition) is 3. The van der Waals surface area contributed by atoms with E-state index in [2.05, 4.69) is 5.32 Å². The summed E-state index contributed by atoms with van der Waals surface area (Å²) in [5, 5.41) is 4.15. The van der Waals surface area contributed by atoms with Crippen molar-refractivity contribution >= 4 is 35.0 Å². The van der Waals surface area contributed by atoms with Crippen LogP contribution in [0.4, 0.5) is 0 Å². The van der Waals surface area contributed by atoms with E-state index in [4.69, 9.17) is 27.9 Å². The van der Waals surface area contributed by atoms with Crippen LogP contribution < -0.4 is 10.1 Å². The highest BCUT2D eigenvalue weighted by Gasteiger charge is 2.32. The monoisotopic (exact) mass is 524 g/mol. The summed E-state index contributed by atoms with van der Waals surface area (Å²) in [4.78, 5) is 28.9. The summed E-state index contributed by atoms with van der Waals surface area (Å²) in [5.74, 6) is -0.0681. The average molecular weight is 525 g/mol. The van der Waals surface area contributed by atoms with E-state index >= 15 is 0 Å². The van der Waals surface area contributed by atoms with E-state index in [-0.39, 0.29) is 31.0 Å². The number of hydrogen-bond donors (Lipinski definition) is 1. The van der Waals surface area contributed by atoms with Gasteiger partial charge in [0.05, 0.1) is 5.02 Å². The maximum Gasteiger partial charge on any atom is 0.261 e. The molecule has 1 saturated carbocycles. The van der Waals surface area contributed by atoms with Gasteiger partial charge < -0.3 is 15.0 Å². The van der Waals surface area contributed by atoms with E-state index in [0.717, 1.165) is 36.8 Å². The van der Waals surface area contributed by atoms with Crippen molar-refractivity contribution < 1.29 is 14.3 Å². The standard InChI is InChI=1S/C29H30Cl2N2O3/c30-24-15-7-4-12-22(24)19-33(28(34)20-36-27-17-9-8-16-25(27)31)26(18-21-10-2-1-3-11-21)29(35)32-23-13-5-6-14-23/h1-4,7-12,15-17,23,26H,5-6,13-14,18-20H2,(H,32,35)/t26-/m0/s1. The lowest BCUT2D eigenvalue weighted by Gasteiger charge is -2.32. The van der Waals surface area contributed by atoms with E-state index in [1.807, 2.05) is 48.5 Å². The van der Waals surface area contributed by atoms with Gasteiger partial charge in [-0.25, -0.2) is 0 Å². The quantitative estimate of drug-likeness (QED) is 0.350. The Bertz CT molecular complexity index is 1170. The van der Waals surface area contributed by atoms with Gasteiger partial charge in [0.25, 0.3) is 5.91 Å². The summed E-state index contributed by atoms with van der Waals surface area (Å²) in [6.07, 6.45) is 4.49. The van der Waals surface area contributed by atoms with Crippen molar-refractivity contribution in [3.05, 3.63) is 100 Å². The number of nitrogens with zero attached hydrogens (tertiary/aromatic N) is 1. The third kappa shape index (κ3) is 7.02. The van der Waals surface area contributed by atoms with Crippen molar-refractivity contribution in [2.24, 2.45) is 0 Å². The van der Waals surface area contributed by atoms with Crippen molar-refractivity contribution in [3.63, 3.8) is 0 Å². The van der Waals surface area contributed by atoms with Crippen LogP contribution in [0.3, 0.4) is 0 Å². The SMILES string of the molecule is O=C(NC1CCCC1)[C@H](Cc1ccccc1)N(Cc1ccccc1Cl)C(=O)COc1ccccc1Cl. The van der Waals surface area contributed by atoms with Crippen molar-refractivity contribution in [2.45, 2.75) is 50.7 Å². The molecule has 36 heavy (non-hydrogen) atoms. The van der Waals surface area contributed by atoms with Gasteiger partial charge in [-0.15, -0.1) is 0 Å². The van der Waals surface area contributed by atoms with Gasteiger partial charge in [0, 0.05) is 24.0 Å². The second-order valence-corrected chi connectivity index (χ2v) is 9.84. The summed E-state index contributed by atoms with van der Waals surface area (Å²) in [6.45, 7) is -0.0733. The average Bonchev–Trinajstić information content (AvgIpc) is 3.40. The molecule has 0 unspecified atom stereocenters. The van der Waals surface area contributed by atoms with Gasteiger partial charge in [0.2, 0.25) is 5.91 Å². The molecule has 3 aromatic carbocycles. The van der Waals surface area contributed by atoms with Crippen molar-refractivity contribution in [1.29, 1.82) is 0 Å². The predicted octanol–water partition coefficient (Wildman–Crippen LogP) is 6.07. The van der Waals surface area contributed by atoms with Gasteiger partial charge in [-0.2, -0.15) is 0 Å². The third-order valence-corrected chi connectivity index (χ3v) is 7.14. The van der Waals surface area contributed by atoms with Gasteiger partial charge in [-0.05, 0) is 42.2 Å². The lowest BCUT2D eigenvalue weighted by atomic mass is 10.0. The number of rotatable bonds is 10. The molecule has 1 atom stereocenters. The van der Waals surface area contributed by atoms with Crippen molar-refractivity contribution in [1.82, 2.24) is 10.2 Å². The number of nitrogens with one attached hydrogen (secondary N) is 1. The summed E-state index contributed by atoms with van der Waals surface area (Å²) >= 11 is 12.7. The first-order valence-electron chi connectivity index (χ1n) is 12.3. The number of halogens is 2. The molecule has 3 aromatic rings. The lowest BCUT2D eigenvalue weighted by molar-refractivity contribution is -0.143. The molecule has 0 radical (unpaired) electrons. The minimum absolute atomic E-state index is 0.132. The van der Waals surface area contributed by atoms with Crippen LogP contribution >= 0.6 is 23.2 Å². The fourth-order valence-corrected chi connectivity index (χ4v) is 4.90. The molecule has 188 valence electrons. The zero-order chi connectivity index (χ0) is 25.3. The molecule has 0 saturated heterocycles. The van der Waals surface area contributed by atoms with Crippen molar-refractivity contribution in [3.8, 4) is 5.75 Å². The Morgan fingerprint density at radius 1 is 0.889 bits per heavy atom. The maximum atomic E-state index is 13.7. The van der Waals surface area contributed by atoms with E-state index in [0.29, 0.717) is 22.2 Å². The Morgan fingerprint density at radius 2 is 1.53 bits per heavy atom. The largest absolute Gasteiger partial charge is 0.482 e. The Kier molecular flexibility index (Phi) is 9.26. The molecule has 1 aliphatic carbocycles. The molecule has 4 rings (SSSR count). The minimum atomic E-state index is -0.730. The number of benzene rings is 3. The van der Waals surface area contributed by atoms with E-state index in [1.54, 1.807) is 35.2 Å². The van der Waals surface area contributed by atoms with Gasteiger partial charge in [-0.1, -0.05) is 96.7 Å². The molecular weight excluding hydrogens is 495 g/mol. The molecule has 1 N–H and O–H groups in total. The normalized spacial score (nSPS) is 14.3. The Balaban J connectivity index is 1.63. The summed E-state index contributed by atoms with van der Waals surface area (Å²) < 4.78 is 5.77. The number of ether oxygens (including phenoxy) is 1. The number of carbonyl (C=O) groups is 2. The fourth-order valence-electron chi connectivity index (χ4n) is 4.52. The van der Waals surface area contributed by atoms with Crippen LogP contribution in [0.15, 0.2) is 78.9 Å². The van der Waals surface area contributed by atoms with Crippen LogP contribution in [0.1, 0.15) is 36.8 Å². The first kappa shape index (κ1) is 26.1. The Morgan fingerprint density at radius 3 is 2.22 bits per heavy atom. The van der Waals surface area contributed by atoms with Crippen molar-refractivity contribution in [2.75, 3.05) is 6.61 Å². The first-order valence-corrected chi connectivity index (χ1v) is 13.0. The Hall–Kier alpha value is -3.02. The van der Waals surface area contributed by atoms with E-state index < -0.39 is 6.04 Å². The highest BCUT2D eigenvalue weighted by atomic mass is 35.5. The molecule has 0 heterocycles. The molecule has 1 aliphatic rings. The smallest absolute Gasteiger partial charge is 0.261 e. The second-order valence-electron chi connectivity index (χ2n) is 9.03. The van der Waals surface area contributed by atoms with Crippen LogP contribution in [0.25, 0.3) is 0 Å². The second kappa shape index (κ2) is 12.8. The summed E-state index contributed by atoms with van der Waals surface area (Å²) in [5.41, 5.74) is 1.73. The Labute approximate surface area is 222 Å². The molecule has 0 spiro atoms. The molecule has 0 bridgehead atoms. The van der Waals surface area contributed by atoms with E-state index in [9.17, 15) is 9.59 Å². The summed E-state index contributed by atoms with van der Waals surface area (Å²) in [7, 11) is 0. The molecule has 0 aliphatic heterocycles. The van der Waals surface area contributed by atoms with Crippen LogP contribution in [-0.2, 0) is 22.6 Å². The molecule has 5 nitrogen and oxygen atoms in total. The highest BCUT2D eigenvalue weighted by Crippen LogP contribution is 2.25. The summed E-state index contributed by atoms with van der Waals surface area (Å²) in [6, 6.07) is 23.5. The van der Waals surface area contributed by atoms with Gasteiger partial charge in [0.15, 0.2) is 6.61 Å². The van der Waals surface area contributed by atoms with Crippen LogP contribution in [0, 0.1) is 0 Å². The molecular formula is C29H30Cl2N2O3. The zero-order valence-corrected chi connectivity index (χ0v) is 21.5. The topological polar surface area (TPSA) is 58.6 Å². The number of para-hydroxylation sites is 1. The first-order chi connectivity index (χ1) is 17.5. The maximum absolute atomic E-state index is 13.7. The van der Waals surface area contributed by atoms with Gasteiger partial charge in [0.1, 0.15) is 11.8 Å². The molecule has 0 aromatic heterocycles. The third-order valence-electron chi connectivity index (χ3n) is 6.46. The minimum Gasteiger partial charge on any atom is -0.482 e. The van der Waals surface area contributed by atoms with Crippen LogP contribution in [-0.4, -0.2) is 35.4 Å². The molecule has 1 fully saturated rings. The van der Waals surface area contributed by atoms with Crippen LogP contribution in [0.2, 0.25) is 10.0 Å². The van der Waals surface area contributed by atoms with Gasteiger partial charge in [-0.3, -0.25) is 9.59 Å². The fraction of sp³-hybridized carbons (Fsp3) is 0.310. The van der Waals surface area contributed by atoms with Crippen LogP contribution in [0.5, 0.6) is 5.75 Å². The number of amides is 2. The highest BCUT2D eigenvalue weighted by molar-refractivity contribution is 6.32. The number of carbonyl (C=O) groups excluding carboxylic acids is 2. The predicted molar refractivity (Wildman–Crippen MR) is 143 cm³/mol. The van der Waals surface area contributed by atoms with E-state index in [1.165, 1.54) is 0 Å². The lowest BCUT2D eigenvalue weighted by Crippen LogP contribution is -2.53.